The first-order chi connectivity index (χ1) is 10.4. The van der Waals surface area contributed by atoms with Crippen LogP contribution >= 0.6 is 0 Å². The van der Waals surface area contributed by atoms with Gasteiger partial charge >= 0.3 is 0 Å². The van der Waals surface area contributed by atoms with Gasteiger partial charge in [0, 0.05) is 30.1 Å². The molecule has 0 aliphatic heterocycles. The van der Waals surface area contributed by atoms with Gasteiger partial charge in [0.15, 0.2) is 9.84 Å². The quantitative estimate of drug-likeness (QED) is 0.787. The summed E-state index contributed by atoms with van der Waals surface area (Å²) in [6.45, 7) is 0.0594. The summed E-state index contributed by atoms with van der Waals surface area (Å²) >= 11 is 0. The van der Waals surface area contributed by atoms with Crippen LogP contribution < -0.4 is 15.2 Å². The molecule has 2 aromatic carbocycles. The minimum atomic E-state index is -3.24. The zero-order valence-corrected chi connectivity index (χ0v) is 12.8. The molecule has 6 nitrogen and oxygen atoms in total. The Bertz CT molecular complexity index is 741. The van der Waals surface area contributed by atoms with Crippen LogP contribution in [0.4, 0.5) is 5.69 Å². The van der Waals surface area contributed by atoms with Crippen molar-refractivity contribution in [2.24, 2.45) is 0 Å². The van der Waals surface area contributed by atoms with Crippen molar-refractivity contribution < 1.29 is 23.0 Å². The normalized spacial score (nSPS) is 11.2. The standard InChI is InChI=1S/C15H17NO5S/c1-22(18,19)15-4-2-12(3-5-15)21-14-9-11(16)8-13(10-14)20-7-6-17/h2-5,8-10,17H,6-7,16H2,1H3. The van der Waals surface area contributed by atoms with Gasteiger partial charge in [-0.2, -0.15) is 0 Å². The smallest absolute Gasteiger partial charge is 0.175 e. The summed E-state index contributed by atoms with van der Waals surface area (Å²) in [5, 5.41) is 8.76. The molecular formula is C15H17NO5S. The number of sulfone groups is 1. The van der Waals surface area contributed by atoms with Crippen molar-refractivity contribution in [2.75, 3.05) is 25.2 Å². The first-order valence-corrected chi connectivity index (χ1v) is 8.40. The summed E-state index contributed by atoms with van der Waals surface area (Å²) in [5.74, 6) is 1.42. The van der Waals surface area contributed by atoms with Crippen molar-refractivity contribution in [1.29, 1.82) is 0 Å². The van der Waals surface area contributed by atoms with Crippen LogP contribution in [0.5, 0.6) is 17.2 Å². The molecule has 2 aromatic rings. The van der Waals surface area contributed by atoms with Gasteiger partial charge in [0.1, 0.15) is 23.9 Å². The molecule has 0 aromatic heterocycles. The summed E-state index contributed by atoms with van der Waals surface area (Å²) in [4.78, 5) is 0.222. The van der Waals surface area contributed by atoms with E-state index in [0.29, 0.717) is 22.9 Å². The van der Waals surface area contributed by atoms with E-state index in [4.69, 9.17) is 20.3 Å². The molecule has 0 spiro atoms. The Hall–Kier alpha value is -2.25. The highest BCUT2D eigenvalue weighted by molar-refractivity contribution is 7.90. The van der Waals surface area contributed by atoms with Crippen molar-refractivity contribution in [1.82, 2.24) is 0 Å². The van der Waals surface area contributed by atoms with E-state index >= 15 is 0 Å². The third-order valence-electron chi connectivity index (χ3n) is 2.75. The number of aliphatic hydroxyl groups is 1. The number of rotatable bonds is 6. The largest absolute Gasteiger partial charge is 0.491 e. The Morgan fingerprint density at radius 3 is 2.27 bits per heavy atom. The second-order valence-corrected chi connectivity index (χ2v) is 6.67. The molecule has 0 radical (unpaired) electrons. The summed E-state index contributed by atoms with van der Waals surface area (Å²) in [7, 11) is -3.24. The first-order valence-electron chi connectivity index (χ1n) is 6.51. The fourth-order valence-corrected chi connectivity index (χ4v) is 2.42. The summed E-state index contributed by atoms with van der Waals surface area (Å²) in [5.41, 5.74) is 6.22. The monoisotopic (exact) mass is 323 g/mol. The molecule has 0 saturated heterocycles. The maximum absolute atomic E-state index is 11.4. The fourth-order valence-electron chi connectivity index (χ4n) is 1.79. The molecule has 0 amide bonds. The van der Waals surface area contributed by atoms with Gasteiger partial charge < -0.3 is 20.3 Å². The zero-order chi connectivity index (χ0) is 16.2. The molecule has 3 N–H and O–H groups in total. The average molecular weight is 323 g/mol. The number of ether oxygens (including phenoxy) is 2. The summed E-state index contributed by atoms with van der Waals surface area (Å²) < 4.78 is 33.7. The van der Waals surface area contributed by atoms with E-state index in [1.54, 1.807) is 30.3 Å². The lowest BCUT2D eigenvalue weighted by Crippen LogP contribution is -2.02. The molecule has 0 atom stereocenters. The van der Waals surface area contributed by atoms with Crippen molar-refractivity contribution in [3.63, 3.8) is 0 Å². The van der Waals surface area contributed by atoms with Gasteiger partial charge in [0.05, 0.1) is 11.5 Å². The van der Waals surface area contributed by atoms with E-state index < -0.39 is 9.84 Å². The lowest BCUT2D eigenvalue weighted by molar-refractivity contribution is 0.201. The molecule has 0 heterocycles. The molecule has 22 heavy (non-hydrogen) atoms. The Morgan fingerprint density at radius 1 is 1.05 bits per heavy atom. The second-order valence-electron chi connectivity index (χ2n) is 4.66. The van der Waals surface area contributed by atoms with Crippen LogP contribution in [0.25, 0.3) is 0 Å². The van der Waals surface area contributed by atoms with Gasteiger partial charge in [0.2, 0.25) is 0 Å². The molecule has 0 fully saturated rings. The van der Waals surface area contributed by atoms with Gasteiger partial charge in [-0.1, -0.05) is 0 Å². The molecule has 0 unspecified atom stereocenters. The van der Waals surface area contributed by atoms with Crippen molar-refractivity contribution in [3.8, 4) is 17.2 Å². The highest BCUT2D eigenvalue weighted by atomic mass is 32.2. The predicted octanol–water partition coefficient (Wildman–Crippen LogP) is 1.84. The van der Waals surface area contributed by atoms with Crippen LogP contribution in [0.1, 0.15) is 0 Å². The number of hydrogen-bond donors (Lipinski definition) is 2. The van der Waals surface area contributed by atoms with E-state index in [2.05, 4.69) is 0 Å². The number of benzene rings is 2. The van der Waals surface area contributed by atoms with Crippen LogP contribution in [-0.4, -0.2) is 33.0 Å². The third kappa shape index (κ3) is 4.37. The molecule has 0 saturated carbocycles. The van der Waals surface area contributed by atoms with Crippen LogP contribution in [0, 0.1) is 0 Å². The average Bonchev–Trinajstić information content (AvgIpc) is 2.44. The van der Waals surface area contributed by atoms with Gasteiger partial charge in [-0.15, -0.1) is 0 Å². The minimum Gasteiger partial charge on any atom is -0.491 e. The molecular weight excluding hydrogens is 306 g/mol. The fraction of sp³-hybridized carbons (Fsp3) is 0.200. The van der Waals surface area contributed by atoms with Gasteiger partial charge in [-0.05, 0) is 24.3 Å². The summed E-state index contributed by atoms with van der Waals surface area (Å²) in [6.07, 6.45) is 1.14. The van der Waals surface area contributed by atoms with Crippen LogP contribution in [-0.2, 0) is 9.84 Å². The van der Waals surface area contributed by atoms with Crippen molar-refractivity contribution in [3.05, 3.63) is 42.5 Å². The number of anilines is 1. The zero-order valence-electron chi connectivity index (χ0n) is 12.0. The first kappa shape index (κ1) is 16.1. The van der Waals surface area contributed by atoms with Crippen molar-refractivity contribution >= 4 is 15.5 Å². The number of nitrogen functional groups attached to an aromatic ring is 1. The van der Waals surface area contributed by atoms with Crippen LogP contribution in [0.15, 0.2) is 47.4 Å². The topological polar surface area (TPSA) is 98.9 Å². The lowest BCUT2D eigenvalue weighted by atomic mass is 10.3. The highest BCUT2D eigenvalue weighted by Gasteiger charge is 2.07. The number of nitrogens with two attached hydrogens (primary N) is 1. The van der Waals surface area contributed by atoms with E-state index in [9.17, 15) is 8.42 Å². The van der Waals surface area contributed by atoms with Gasteiger partial charge in [-0.25, -0.2) is 8.42 Å². The highest BCUT2D eigenvalue weighted by Crippen LogP contribution is 2.29. The second kappa shape index (κ2) is 6.67. The Balaban J connectivity index is 2.18. The number of aliphatic hydroxyl groups excluding tert-OH is 1. The molecule has 7 heteroatoms. The Morgan fingerprint density at radius 2 is 1.68 bits per heavy atom. The van der Waals surface area contributed by atoms with Crippen molar-refractivity contribution in [2.45, 2.75) is 4.90 Å². The van der Waals surface area contributed by atoms with E-state index in [0.717, 1.165) is 6.26 Å². The molecule has 0 aliphatic carbocycles. The van der Waals surface area contributed by atoms with Gasteiger partial charge in [0.25, 0.3) is 0 Å². The maximum atomic E-state index is 11.4. The predicted molar refractivity (Wildman–Crippen MR) is 83.1 cm³/mol. The molecule has 118 valence electrons. The minimum absolute atomic E-state index is 0.0993. The lowest BCUT2D eigenvalue weighted by Gasteiger charge is -2.10. The van der Waals surface area contributed by atoms with Gasteiger partial charge in [-0.3, -0.25) is 0 Å². The third-order valence-corrected chi connectivity index (χ3v) is 3.88. The Labute approximate surface area is 129 Å². The van der Waals surface area contributed by atoms with E-state index in [1.165, 1.54) is 12.1 Å². The maximum Gasteiger partial charge on any atom is 0.175 e. The van der Waals surface area contributed by atoms with E-state index in [-0.39, 0.29) is 18.1 Å². The molecule has 0 aliphatic rings. The Kier molecular flexibility index (Phi) is 4.89. The van der Waals surface area contributed by atoms with Crippen LogP contribution in [0.3, 0.4) is 0 Å². The number of hydrogen-bond acceptors (Lipinski definition) is 6. The SMILES string of the molecule is CS(=O)(=O)c1ccc(Oc2cc(N)cc(OCCO)c2)cc1. The molecule has 2 rings (SSSR count). The van der Waals surface area contributed by atoms with E-state index in [1.807, 2.05) is 0 Å². The molecule has 0 bridgehead atoms. The summed E-state index contributed by atoms with van der Waals surface area (Å²) in [6, 6.07) is 10.9. The van der Waals surface area contributed by atoms with Crippen LogP contribution in [0.2, 0.25) is 0 Å².